The van der Waals surface area contributed by atoms with Gasteiger partial charge in [-0.3, -0.25) is 9.89 Å². The van der Waals surface area contributed by atoms with E-state index in [2.05, 4.69) is 20.5 Å². The first-order valence-electron chi connectivity index (χ1n) is 5.64. The van der Waals surface area contributed by atoms with Crippen molar-refractivity contribution in [3.63, 3.8) is 0 Å². The molecule has 1 amide bonds. The molecule has 0 atom stereocenters. The van der Waals surface area contributed by atoms with E-state index in [-0.39, 0.29) is 5.91 Å². The number of pyridine rings is 1. The summed E-state index contributed by atoms with van der Waals surface area (Å²) in [6.45, 7) is 3.21. The van der Waals surface area contributed by atoms with E-state index in [4.69, 9.17) is 0 Å². The number of rotatable bonds is 1. The molecule has 6 heteroatoms. The number of aromatic amines is 1. The molecular formula is C11H13N5O. The van der Waals surface area contributed by atoms with Crippen molar-refractivity contribution in [1.29, 1.82) is 0 Å². The van der Waals surface area contributed by atoms with Gasteiger partial charge in [-0.15, -0.1) is 0 Å². The van der Waals surface area contributed by atoms with E-state index in [0.717, 1.165) is 31.6 Å². The van der Waals surface area contributed by atoms with Crippen LogP contribution in [0.3, 0.4) is 0 Å². The van der Waals surface area contributed by atoms with Gasteiger partial charge in [-0.1, -0.05) is 0 Å². The Hall–Kier alpha value is -1.95. The van der Waals surface area contributed by atoms with E-state index in [1.807, 2.05) is 4.90 Å². The van der Waals surface area contributed by atoms with E-state index in [9.17, 15) is 4.79 Å². The third-order valence-electron chi connectivity index (χ3n) is 2.99. The van der Waals surface area contributed by atoms with Crippen LogP contribution >= 0.6 is 0 Å². The molecule has 0 spiro atoms. The SMILES string of the molecule is O=C(c1ccnc2[nH]ncc12)N1CCNCC1. The summed E-state index contributed by atoms with van der Waals surface area (Å²) in [6, 6.07) is 1.75. The van der Waals surface area contributed by atoms with Crippen LogP contribution in [0.1, 0.15) is 10.4 Å². The molecule has 0 aliphatic carbocycles. The van der Waals surface area contributed by atoms with E-state index in [0.29, 0.717) is 11.2 Å². The number of carbonyl (C=O) groups excluding carboxylic acids is 1. The maximum absolute atomic E-state index is 12.3. The van der Waals surface area contributed by atoms with Crippen LogP contribution in [0.25, 0.3) is 11.0 Å². The Morgan fingerprint density at radius 3 is 3.00 bits per heavy atom. The molecule has 6 nitrogen and oxygen atoms in total. The highest BCUT2D eigenvalue weighted by atomic mass is 16.2. The molecule has 1 aliphatic heterocycles. The first-order valence-corrected chi connectivity index (χ1v) is 5.64. The van der Waals surface area contributed by atoms with Crippen molar-refractivity contribution in [2.75, 3.05) is 26.2 Å². The van der Waals surface area contributed by atoms with Crippen LogP contribution in [0.5, 0.6) is 0 Å². The number of carbonyl (C=O) groups is 1. The second kappa shape index (κ2) is 4.14. The molecule has 17 heavy (non-hydrogen) atoms. The van der Waals surface area contributed by atoms with Gasteiger partial charge in [0.05, 0.1) is 17.1 Å². The fourth-order valence-electron chi connectivity index (χ4n) is 2.08. The Morgan fingerprint density at radius 1 is 1.35 bits per heavy atom. The van der Waals surface area contributed by atoms with E-state index in [1.165, 1.54) is 0 Å². The summed E-state index contributed by atoms with van der Waals surface area (Å²) >= 11 is 0. The normalized spacial score (nSPS) is 16.4. The molecule has 0 radical (unpaired) electrons. The van der Waals surface area contributed by atoms with Gasteiger partial charge in [0.2, 0.25) is 0 Å². The van der Waals surface area contributed by atoms with Crippen LogP contribution in [0.2, 0.25) is 0 Å². The minimum Gasteiger partial charge on any atom is -0.336 e. The Morgan fingerprint density at radius 2 is 2.18 bits per heavy atom. The molecule has 2 aromatic heterocycles. The van der Waals surface area contributed by atoms with E-state index < -0.39 is 0 Å². The summed E-state index contributed by atoms with van der Waals surface area (Å²) in [7, 11) is 0. The van der Waals surface area contributed by atoms with Crippen molar-refractivity contribution in [2.24, 2.45) is 0 Å². The minimum atomic E-state index is 0.0558. The van der Waals surface area contributed by atoms with Crippen molar-refractivity contribution in [1.82, 2.24) is 25.4 Å². The molecule has 2 aromatic rings. The minimum absolute atomic E-state index is 0.0558. The van der Waals surface area contributed by atoms with Crippen molar-refractivity contribution in [2.45, 2.75) is 0 Å². The molecule has 3 rings (SSSR count). The Labute approximate surface area is 98.0 Å². The fraction of sp³-hybridized carbons (Fsp3) is 0.364. The molecular weight excluding hydrogens is 218 g/mol. The number of nitrogens with zero attached hydrogens (tertiary/aromatic N) is 3. The van der Waals surface area contributed by atoms with Gasteiger partial charge < -0.3 is 10.2 Å². The maximum Gasteiger partial charge on any atom is 0.254 e. The number of piperazine rings is 1. The zero-order valence-corrected chi connectivity index (χ0v) is 9.31. The van der Waals surface area contributed by atoms with Crippen LogP contribution in [0.15, 0.2) is 18.5 Å². The average molecular weight is 231 g/mol. The second-order valence-electron chi connectivity index (χ2n) is 4.03. The Bertz CT molecular complexity index is 544. The van der Waals surface area contributed by atoms with Gasteiger partial charge in [0.15, 0.2) is 5.65 Å². The van der Waals surface area contributed by atoms with Crippen molar-refractivity contribution < 1.29 is 4.79 Å². The number of hydrogen-bond acceptors (Lipinski definition) is 4. The molecule has 0 unspecified atom stereocenters. The Balaban J connectivity index is 1.97. The number of fused-ring (bicyclic) bond motifs is 1. The molecule has 88 valence electrons. The summed E-state index contributed by atoms with van der Waals surface area (Å²) in [6.07, 6.45) is 3.29. The smallest absolute Gasteiger partial charge is 0.254 e. The second-order valence-corrected chi connectivity index (χ2v) is 4.03. The van der Waals surface area contributed by atoms with Gasteiger partial charge in [-0.05, 0) is 6.07 Å². The summed E-state index contributed by atoms with van der Waals surface area (Å²) in [5, 5.41) is 10.7. The van der Waals surface area contributed by atoms with Crippen molar-refractivity contribution in [3.8, 4) is 0 Å². The monoisotopic (exact) mass is 231 g/mol. The lowest BCUT2D eigenvalue weighted by Crippen LogP contribution is -2.46. The van der Waals surface area contributed by atoms with Crippen LogP contribution in [-0.4, -0.2) is 52.2 Å². The molecule has 1 saturated heterocycles. The largest absolute Gasteiger partial charge is 0.336 e. The van der Waals surface area contributed by atoms with Crippen LogP contribution < -0.4 is 5.32 Å². The standard InChI is InChI=1S/C11H13N5O/c17-11(16-5-3-12-4-6-16)8-1-2-13-10-9(8)7-14-15-10/h1-2,7,12H,3-6H2,(H,13,14,15). The third kappa shape index (κ3) is 1.76. The molecule has 0 bridgehead atoms. The topological polar surface area (TPSA) is 73.9 Å². The summed E-state index contributed by atoms with van der Waals surface area (Å²) in [5.41, 5.74) is 1.33. The predicted octanol–water partition coefficient (Wildman–Crippen LogP) is 0.00330. The lowest BCUT2D eigenvalue weighted by molar-refractivity contribution is 0.0737. The first kappa shape index (κ1) is 10.2. The van der Waals surface area contributed by atoms with Gasteiger partial charge in [0.25, 0.3) is 5.91 Å². The van der Waals surface area contributed by atoms with Crippen molar-refractivity contribution in [3.05, 3.63) is 24.0 Å². The van der Waals surface area contributed by atoms with Crippen LogP contribution in [-0.2, 0) is 0 Å². The maximum atomic E-state index is 12.3. The lowest BCUT2D eigenvalue weighted by atomic mass is 10.1. The number of hydrogen-bond donors (Lipinski definition) is 2. The molecule has 1 fully saturated rings. The lowest BCUT2D eigenvalue weighted by Gasteiger charge is -2.27. The first-order chi connectivity index (χ1) is 8.36. The van der Waals surface area contributed by atoms with Crippen LogP contribution in [0, 0.1) is 0 Å². The van der Waals surface area contributed by atoms with Crippen LogP contribution in [0.4, 0.5) is 0 Å². The van der Waals surface area contributed by atoms with Gasteiger partial charge >= 0.3 is 0 Å². The highest BCUT2D eigenvalue weighted by Crippen LogP contribution is 2.16. The number of nitrogens with one attached hydrogen (secondary N) is 2. The highest BCUT2D eigenvalue weighted by molar-refractivity contribution is 6.05. The van der Waals surface area contributed by atoms with E-state index in [1.54, 1.807) is 18.5 Å². The number of amides is 1. The molecule has 0 aromatic carbocycles. The van der Waals surface area contributed by atoms with Gasteiger partial charge in [-0.25, -0.2) is 4.98 Å². The van der Waals surface area contributed by atoms with E-state index >= 15 is 0 Å². The number of aromatic nitrogens is 3. The Kier molecular flexibility index (Phi) is 2.49. The molecule has 0 saturated carbocycles. The molecule has 3 heterocycles. The van der Waals surface area contributed by atoms with Gasteiger partial charge in [0.1, 0.15) is 0 Å². The summed E-state index contributed by atoms with van der Waals surface area (Å²) < 4.78 is 0. The third-order valence-corrected chi connectivity index (χ3v) is 2.99. The van der Waals surface area contributed by atoms with Gasteiger partial charge in [-0.2, -0.15) is 5.10 Å². The molecule has 1 aliphatic rings. The summed E-state index contributed by atoms with van der Waals surface area (Å²) in [5.74, 6) is 0.0558. The highest BCUT2D eigenvalue weighted by Gasteiger charge is 2.20. The number of H-pyrrole nitrogens is 1. The molecule has 2 N–H and O–H groups in total. The fourth-order valence-corrected chi connectivity index (χ4v) is 2.08. The average Bonchev–Trinajstić information content (AvgIpc) is 2.87. The zero-order chi connectivity index (χ0) is 11.7. The van der Waals surface area contributed by atoms with Crippen molar-refractivity contribution >= 4 is 16.9 Å². The predicted molar refractivity (Wildman–Crippen MR) is 62.7 cm³/mol. The zero-order valence-electron chi connectivity index (χ0n) is 9.31. The summed E-state index contributed by atoms with van der Waals surface area (Å²) in [4.78, 5) is 18.3. The quantitative estimate of drug-likeness (QED) is 0.724. The van der Waals surface area contributed by atoms with Gasteiger partial charge in [0, 0.05) is 32.4 Å².